The summed E-state index contributed by atoms with van der Waals surface area (Å²) >= 11 is 0. The lowest BCUT2D eigenvalue weighted by molar-refractivity contribution is -0.171. The minimum Gasteiger partial charge on any atom is -0.460 e. The third-order valence-corrected chi connectivity index (χ3v) is 3.34. The molecule has 2 atom stereocenters. The summed E-state index contributed by atoms with van der Waals surface area (Å²) in [7, 11) is 0. The van der Waals surface area contributed by atoms with Crippen LogP contribution in [0.3, 0.4) is 0 Å². The third kappa shape index (κ3) is 7.13. The molecule has 0 saturated heterocycles. The molecule has 1 rings (SSSR count). The fraction of sp³-hybridized carbons (Fsp3) is 0.579. The van der Waals surface area contributed by atoms with E-state index in [0.717, 1.165) is 0 Å². The first kappa shape index (κ1) is 22.8. The Morgan fingerprint density at radius 3 is 2.00 bits per heavy atom. The molecule has 152 valence electrons. The lowest BCUT2D eigenvalue weighted by atomic mass is 9.91. The third-order valence-electron chi connectivity index (χ3n) is 3.34. The van der Waals surface area contributed by atoms with Crippen LogP contribution in [-0.2, 0) is 19.1 Å². The lowest BCUT2D eigenvalue weighted by Crippen LogP contribution is -2.35. The largest absolute Gasteiger partial charge is 0.460 e. The average Bonchev–Trinajstić information content (AvgIpc) is 2.44. The zero-order valence-electron chi connectivity index (χ0n) is 16.4. The summed E-state index contributed by atoms with van der Waals surface area (Å²) in [6.07, 6.45) is -2.21. The van der Waals surface area contributed by atoms with Gasteiger partial charge in [-0.1, -0.05) is 0 Å². The minimum absolute atomic E-state index is 0.215. The van der Waals surface area contributed by atoms with Gasteiger partial charge in [0.1, 0.15) is 11.2 Å². The molecule has 0 fully saturated rings. The highest BCUT2D eigenvalue weighted by Gasteiger charge is 2.36. The molecule has 8 heteroatoms. The summed E-state index contributed by atoms with van der Waals surface area (Å²) in [5.74, 6) is -5.47. The maximum absolute atomic E-state index is 13.6. The fourth-order valence-electron chi connectivity index (χ4n) is 2.31. The standard InChI is InChI=1S/C19H27F2NO5/c1-18(2,3)26-15(23)8-11(17(25)27-19(4,5)6)16(24)10-7-12(20)13(21)9-14(10)22/h7,9,11,16,24H,8,22H2,1-6H3. The molecule has 1 aromatic carbocycles. The van der Waals surface area contributed by atoms with E-state index in [4.69, 9.17) is 15.2 Å². The number of hydrogen-bond acceptors (Lipinski definition) is 6. The molecule has 0 aromatic heterocycles. The number of halogens is 2. The maximum atomic E-state index is 13.6. The first-order chi connectivity index (χ1) is 12.1. The molecular formula is C19H27F2NO5. The van der Waals surface area contributed by atoms with E-state index >= 15 is 0 Å². The van der Waals surface area contributed by atoms with Crippen LogP contribution in [0.1, 0.15) is 59.6 Å². The van der Waals surface area contributed by atoms with Crippen molar-refractivity contribution >= 4 is 17.6 Å². The number of benzene rings is 1. The predicted octanol–water partition coefficient (Wildman–Crippen LogP) is 3.27. The molecule has 6 nitrogen and oxygen atoms in total. The molecule has 0 aliphatic rings. The number of carbonyl (C=O) groups excluding carboxylic acids is 2. The smallest absolute Gasteiger partial charge is 0.313 e. The van der Waals surface area contributed by atoms with Crippen LogP contribution in [0.5, 0.6) is 0 Å². The number of aliphatic hydroxyl groups is 1. The molecule has 0 radical (unpaired) electrons. The molecule has 0 aliphatic heterocycles. The van der Waals surface area contributed by atoms with E-state index < -0.39 is 53.2 Å². The Labute approximate surface area is 157 Å². The van der Waals surface area contributed by atoms with Crippen LogP contribution in [0.15, 0.2) is 12.1 Å². The van der Waals surface area contributed by atoms with Crippen LogP contribution >= 0.6 is 0 Å². The molecule has 2 unspecified atom stereocenters. The van der Waals surface area contributed by atoms with Gasteiger partial charge in [-0.25, -0.2) is 8.78 Å². The summed E-state index contributed by atoms with van der Waals surface area (Å²) in [5, 5.41) is 10.6. The molecule has 0 amide bonds. The number of esters is 2. The molecule has 0 spiro atoms. The van der Waals surface area contributed by atoms with Crippen LogP contribution in [0, 0.1) is 17.6 Å². The van der Waals surface area contributed by atoms with Crippen molar-refractivity contribution in [3.63, 3.8) is 0 Å². The summed E-state index contributed by atoms with van der Waals surface area (Å²) in [5.41, 5.74) is 3.50. The number of hydrogen-bond donors (Lipinski definition) is 2. The zero-order chi connectivity index (χ0) is 21.2. The molecule has 1 aromatic rings. The molecule has 27 heavy (non-hydrogen) atoms. The number of ether oxygens (including phenoxy) is 2. The van der Waals surface area contributed by atoms with Crippen molar-refractivity contribution in [2.75, 3.05) is 5.73 Å². The average molecular weight is 387 g/mol. The Morgan fingerprint density at radius 2 is 1.52 bits per heavy atom. The Bertz CT molecular complexity index is 707. The Balaban J connectivity index is 3.21. The minimum atomic E-state index is -1.69. The number of nitrogens with two attached hydrogens (primary N) is 1. The fourth-order valence-corrected chi connectivity index (χ4v) is 2.31. The van der Waals surface area contributed by atoms with Gasteiger partial charge in [0.2, 0.25) is 0 Å². The van der Waals surface area contributed by atoms with Gasteiger partial charge in [-0.3, -0.25) is 9.59 Å². The highest BCUT2D eigenvalue weighted by Crippen LogP contribution is 2.33. The van der Waals surface area contributed by atoms with Crippen molar-refractivity contribution in [1.82, 2.24) is 0 Å². The van der Waals surface area contributed by atoms with Crippen molar-refractivity contribution in [2.45, 2.75) is 65.3 Å². The van der Waals surface area contributed by atoms with E-state index in [9.17, 15) is 23.5 Å². The normalized spacial score (nSPS) is 14.4. The summed E-state index contributed by atoms with van der Waals surface area (Å²) in [4.78, 5) is 24.7. The van der Waals surface area contributed by atoms with Gasteiger partial charge >= 0.3 is 11.9 Å². The maximum Gasteiger partial charge on any atom is 0.313 e. The van der Waals surface area contributed by atoms with Crippen molar-refractivity contribution < 1.29 is 33.0 Å². The topological polar surface area (TPSA) is 98.9 Å². The van der Waals surface area contributed by atoms with Crippen LogP contribution in [0.4, 0.5) is 14.5 Å². The number of anilines is 1. The van der Waals surface area contributed by atoms with Gasteiger partial charge in [-0.15, -0.1) is 0 Å². The molecule has 0 heterocycles. The second-order valence-electron chi connectivity index (χ2n) is 8.27. The van der Waals surface area contributed by atoms with Gasteiger partial charge in [-0.2, -0.15) is 0 Å². The van der Waals surface area contributed by atoms with E-state index in [2.05, 4.69) is 0 Å². The van der Waals surface area contributed by atoms with Crippen molar-refractivity contribution in [3.05, 3.63) is 29.3 Å². The zero-order valence-corrected chi connectivity index (χ0v) is 16.4. The second-order valence-corrected chi connectivity index (χ2v) is 8.27. The highest BCUT2D eigenvalue weighted by atomic mass is 19.2. The highest BCUT2D eigenvalue weighted by molar-refractivity contribution is 5.81. The van der Waals surface area contributed by atoms with Crippen molar-refractivity contribution in [3.8, 4) is 0 Å². The molecule has 3 N–H and O–H groups in total. The predicted molar refractivity (Wildman–Crippen MR) is 95.5 cm³/mol. The van der Waals surface area contributed by atoms with Gasteiger partial charge in [0.15, 0.2) is 11.6 Å². The lowest BCUT2D eigenvalue weighted by Gasteiger charge is -2.28. The monoisotopic (exact) mass is 387 g/mol. The van der Waals surface area contributed by atoms with Gasteiger partial charge in [0.05, 0.1) is 18.4 Å². The first-order valence-corrected chi connectivity index (χ1v) is 8.48. The van der Waals surface area contributed by atoms with Crippen LogP contribution < -0.4 is 5.73 Å². The van der Waals surface area contributed by atoms with Crippen LogP contribution in [-0.4, -0.2) is 28.2 Å². The van der Waals surface area contributed by atoms with Gasteiger partial charge in [0.25, 0.3) is 0 Å². The van der Waals surface area contributed by atoms with Gasteiger partial charge in [0, 0.05) is 17.3 Å². The Hall–Kier alpha value is -2.22. The molecule has 0 saturated carbocycles. The van der Waals surface area contributed by atoms with Crippen molar-refractivity contribution in [1.29, 1.82) is 0 Å². The second kappa shape index (κ2) is 8.21. The van der Waals surface area contributed by atoms with E-state index in [1.807, 2.05) is 0 Å². The van der Waals surface area contributed by atoms with E-state index in [0.29, 0.717) is 12.1 Å². The van der Waals surface area contributed by atoms with Crippen molar-refractivity contribution in [2.24, 2.45) is 5.92 Å². The van der Waals surface area contributed by atoms with Crippen LogP contribution in [0.25, 0.3) is 0 Å². The van der Waals surface area contributed by atoms with E-state index in [1.54, 1.807) is 41.5 Å². The van der Waals surface area contributed by atoms with Crippen LogP contribution in [0.2, 0.25) is 0 Å². The number of carbonyl (C=O) groups is 2. The quantitative estimate of drug-likeness (QED) is 0.594. The number of aliphatic hydroxyl groups excluding tert-OH is 1. The van der Waals surface area contributed by atoms with E-state index in [1.165, 1.54) is 0 Å². The molecular weight excluding hydrogens is 360 g/mol. The van der Waals surface area contributed by atoms with E-state index in [-0.39, 0.29) is 11.3 Å². The molecule has 0 aliphatic carbocycles. The van der Waals surface area contributed by atoms with Gasteiger partial charge in [-0.05, 0) is 47.6 Å². The summed E-state index contributed by atoms with van der Waals surface area (Å²) in [6.45, 7) is 9.81. The van der Waals surface area contributed by atoms with Gasteiger partial charge < -0.3 is 20.3 Å². The number of nitrogen functional groups attached to an aromatic ring is 1. The SMILES string of the molecule is CC(C)(C)OC(=O)CC(C(=O)OC(C)(C)C)C(O)c1cc(F)c(F)cc1N. The summed E-state index contributed by atoms with van der Waals surface area (Å²) in [6, 6.07) is 1.40. The Morgan fingerprint density at radius 1 is 1.04 bits per heavy atom. The number of rotatable bonds is 5. The first-order valence-electron chi connectivity index (χ1n) is 8.48. The summed E-state index contributed by atoms with van der Waals surface area (Å²) < 4.78 is 37.3. The molecule has 0 bridgehead atoms. The Kier molecular flexibility index (Phi) is 6.94.